The Labute approximate surface area is 146 Å². The zero-order chi connectivity index (χ0) is 17.8. The highest BCUT2D eigenvalue weighted by atomic mass is 16.5. The highest BCUT2D eigenvalue weighted by Crippen LogP contribution is 2.27. The molecule has 0 bridgehead atoms. The largest absolute Gasteiger partial charge is 0.496 e. The molecule has 0 radical (unpaired) electrons. The molecule has 2 aromatic rings. The Bertz CT molecular complexity index is 791. The third-order valence-corrected chi connectivity index (χ3v) is 4.43. The van der Waals surface area contributed by atoms with Crippen molar-refractivity contribution in [2.24, 2.45) is 0 Å². The van der Waals surface area contributed by atoms with Gasteiger partial charge in [0.05, 0.1) is 18.7 Å². The van der Waals surface area contributed by atoms with Crippen molar-refractivity contribution in [3.63, 3.8) is 0 Å². The van der Waals surface area contributed by atoms with Crippen LogP contribution in [0.5, 0.6) is 5.75 Å². The van der Waals surface area contributed by atoms with Gasteiger partial charge in [0.2, 0.25) is 11.8 Å². The molecule has 130 valence electrons. The summed E-state index contributed by atoms with van der Waals surface area (Å²) >= 11 is 0. The number of amides is 2. The van der Waals surface area contributed by atoms with Crippen LogP contribution < -0.4 is 10.1 Å². The summed E-state index contributed by atoms with van der Waals surface area (Å²) < 4.78 is 5.31. The molecule has 1 N–H and O–H groups in total. The molecule has 2 amide bonds. The van der Waals surface area contributed by atoms with Gasteiger partial charge in [-0.05, 0) is 17.7 Å². The van der Waals surface area contributed by atoms with Crippen molar-refractivity contribution in [2.75, 3.05) is 13.7 Å². The van der Waals surface area contributed by atoms with E-state index < -0.39 is 5.92 Å². The topological polar surface area (TPSA) is 71.5 Å². The fourth-order valence-electron chi connectivity index (χ4n) is 3.08. The molecule has 2 heterocycles. The van der Waals surface area contributed by atoms with Gasteiger partial charge in [-0.15, -0.1) is 0 Å². The fourth-order valence-corrected chi connectivity index (χ4v) is 3.08. The third kappa shape index (κ3) is 3.63. The maximum atomic E-state index is 12.8. The van der Waals surface area contributed by atoms with E-state index in [2.05, 4.69) is 10.3 Å². The number of nitrogens with one attached hydrogen (secondary N) is 1. The number of aromatic nitrogens is 1. The van der Waals surface area contributed by atoms with Crippen LogP contribution in [0.2, 0.25) is 0 Å². The quantitative estimate of drug-likeness (QED) is 0.923. The molecule has 1 aliphatic heterocycles. The summed E-state index contributed by atoms with van der Waals surface area (Å²) in [4.78, 5) is 30.6. The fraction of sp³-hybridized carbons (Fsp3) is 0.316. The number of hydrogen-bond acceptors (Lipinski definition) is 4. The molecule has 1 aromatic heterocycles. The predicted molar refractivity (Wildman–Crippen MR) is 92.9 cm³/mol. The first-order chi connectivity index (χ1) is 12.1. The molecule has 0 saturated heterocycles. The molecule has 1 aliphatic rings. The van der Waals surface area contributed by atoms with Gasteiger partial charge in [-0.1, -0.05) is 24.3 Å². The Hall–Kier alpha value is -2.89. The van der Waals surface area contributed by atoms with Crippen LogP contribution in [0, 0.1) is 0 Å². The van der Waals surface area contributed by atoms with Crippen molar-refractivity contribution >= 4 is 11.8 Å². The first kappa shape index (κ1) is 17.0. The average Bonchev–Trinajstić information content (AvgIpc) is 2.65. The Morgan fingerprint density at radius 3 is 2.84 bits per heavy atom. The maximum absolute atomic E-state index is 12.8. The van der Waals surface area contributed by atoms with Gasteiger partial charge >= 0.3 is 0 Å². The number of carbonyl (C=O) groups is 2. The first-order valence-electron chi connectivity index (χ1n) is 8.19. The zero-order valence-corrected chi connectivity index (χ0v) is 14.4. The van der Waals surface area contributed by atoms with Gasteiger partial charge in [-0.25, -0.2) is 0 Å². The smallest absolute Gasteiger partial charge is 0.231 e. The van der Waals surface area contributed by atoms with E-state index in [1.807, 2.05) is 36.4 Å². The number of carbonyl (C=O) groups excluding carboxylic acids is 2. The van der Waals surface area contributed by atoms with E-state index in [9.17, 15) is 9.59 Å². The Morgan fingerprint density at radius 2 is 2.08 bits per heavy atom. The second-order valence-electron chi connectivity index (χ2n) is 6.03. The number of methoxy groups -OCH3 is 1. The average molecular weight is 339 g/mol. The normalized spacial score (nSPS) is 16.1. The SMILES string of the molecule is COc1ccccc1CNC(=O)C1CN(C(C)=O)Cc2cccnc21. The van der Waals surface area contributed by atoms with E-state index in [4.69, 9.17) is 4.74 Å². The predicted octanol–water partition coefficient (Wildman–Crippen LogP) is 1.85. The number of pyridine rings is 1. The number of nitrogens with zero attached hydrogens (tertiary/aromatic N) is 2. The van der Waals surface area contributed by atoms with Gasteiger partial charge in [0.1, 0.15) is 5.75 Å². The number of para-hydroxylation sites is 1. The van der Waals surface area contributed by atoms with E-state index in [1.54, 1.807) is 18.2 Å². The van der Waals surface area contributed by atoms with Crippen LogP contribution in [0.15, 0.2) is 42.6 Å². The Kier molecular flexibility index (Phi) is 4.97. The lowest BCUT2D eigenvalue weighted by Crippen LogP contribution is -2.43. The van der Waals surface area contributed by atoms with Gasteiger partial charge in [0, 0.05) is 38.3 Å². The number of benzene rings is 1. The molecule has 0 saturated carbocycles. The lowest BCUT2D eigenvalue weighted by atomic mass is 9.93. The molecule has 3 rings (SSSR count). The van der Waals surface area contributed by atoms with Crippen LogP contribution in [-0.4, -0.2) is 35.4 Å². The molecule has 6 nitrogen and oxygen atoms in total. The van der Waals surface area contributed by atoms with Crippen molar-refractivity contribution in [1.82, 2.24) is 15.2 Å². The standard InChI is InChI=1S/C19H21N3O3/c1-13(23)22-11-15-7-5-9-20-18(15)16(12-22)19(24)21-10-14-6-3-4-8-17(14)25-2/h3-9,16H,10-12H2,1-2H3,(H,21,24). The molecular formula is C19H21N3O3. The van der Waals surface area contributed by atoms with Gasteiger partial charge in [0.15, 0.2) is 0 Å². The van der Waals surface area contributed by atoms with Crippen molar-refractivity contribution < 1.29 is 14.3 Å². The summed E-state index contributed by atoms with van der Waals surface area (Å²) in [7, 11) is 1.60. The molecule has 25 heavy (non-hydrogen) atoms. The van der Waals surface area contributed by atoms with Crippen LogP contribution in [0.1, 0.15) is 29.7 Å². The Balaban J connectivity index is 1.78. The van der Waals surface area contributed by atoms with Gasteiger partial charge in [0.25, 0.3) is 0 Å². The van der Waals surface area contributed by atoms with E-state index in [-0.39, 0.29) is 11.8 Å². The number of rotatable bonds is 4. The van der Waals surface area contributed by atoms with Crippen LogP contribution in [-0.2, 0) is 22.7 Å². The van der Waals surface area contributed by atoms with Crippen LogP contribution >= 0.6 is 0 Å². The molecule has 0 aliphatic carbocycles. The lowest BCUT2D eigenvalue weighted by Gasteiger charge is -2.32. The molecule has 1 aromatic carbocycles. The van der Waals surface area contributed by atoms with Crippen molar-refractivity contribution in [2.45, 2.75) is 25.9 Å². The highest BCUT2D eigenvalue weighted by Gasteiger charge is 2.32. The first-order valence-corrected chi connectivity index (χ1v) is 8.19. The minimum absolute atomic E-state index is 0.0444. The van der Waals surface area contributed by atoms with E-state index in [1.165, 1.54) is 6.92 Å². The third-order valence-electron chi connectivity index (χ3n) is 4.43. The number of hydrogen-bond donors (Lipinski definition) is 1. The highest BCUT2D eigenvalue weighted by molar-refractivity contribution is 5.85. The van der Waals surface area contributed by atoms with Crippen LogP contribution in [0.4, 0.5) is 0 Å². The monoisotopic (exact) mass is 339 g/mol. The maximum Gasteiger partial charge on any atom is 0.231 e. The summed E-state index contributed by atoms with van der Waals surface area (Å²) in [6.07, 6.45) is 1.68. The number of fused-ring (bicyclic) bond motifs is 1. The molecule has 1 atom stereocenters. The lowest BCUT2D eigenvalue weighted by molar-refractivity contribution is -0.131. The molecule has 1 unspecified atom stereocenters. The van der Waals surface area contributed by atoms with Crippen LogP contribution in [0.25, 0.3) is 0 Å². The molecule has 0 fully saturated rings. The second-order valence-corrected chi connectivity index (χ2v) is 6.03. The minimum atomic E-state index is -0.469. The van der Waals surface area contributed by atoms with Gasteiger partial charge in [-0.3, -0.25) is 14.6 Å². The summed E-state index contributed by atoms with van der Waals surface area (Å²) in [6.45, 7) is 2.72. The van der Waals surface area contributed by atoms with Gasteiger partial charge in [-0.2, -0.15) is 0 Å². The second kappa shape index (κ2) is 7.34. The zero-order valence-electron chi connectivity index (χ0n) is 14.4. The van der Waals surface area contributed by atoms with Crippen molar-refractivity contribution in [3.8, 4) is 5.75 Å². The molecule has 0 spiro atoms. The van der Waals surface area contributed by atoms with E-state index >= 15 is 0 Å². The van der Waals surface area contributed by atoms with E-state index in [0.717, 1.165) is 22.6 Å². The summed E-state index contributed by atoms with van der Waals surface area (Å²) in [6, 6.07) is 11.3. The van der Waals surface area contributed by atoms with Crippen LogP contribution in [0.3, 0.4) is 0 Å². The van der Waals surface area contributed by atoms with Crippen molar-refractivity contribution in [1.29, 1.82) is 0 Å². The summed E-state index contributed by atoms with van der Waals surface area (Å²) in [5.74, 6) is 0.0766. The van der Waals surface area contributed by atoms with E-state index in [0.29, 0.717) is 19.6 Å². The minimum Gasteiger partial charge on any atom is -0.496 e. The number of ether oxygens (including phenoxy) is 1. The van der Waals surface area contributed by atoms with Gasteiger partial charge < -0.3 is 15.0 Å². The summed E-state index contributed by atoms with van der Waals surface area (Å²) in [5, 5.41) is 2.95. The molecule has 6 heteroatoms. The molecular weight excluding hydrogens is 318 g/mol. The Morgan fingerprint density at radius 1 is 1.28 bits per heavy atom. The summed E-state index contributed by atoms with van der Waals surface area (Å²) in [5.41, 5.74) is 2.57. The van der Waals surface area contributed by atoms with Crippen molar-refractivity contribution in [3.05, 3.63) is 59.4 Å².